The lowest BCUT2D eigenvalue weighted by atomic mass is 10.5. The highest BCUT2D eigenvalue weighted by molar-refractivity contribution is 5.84. The average molecular weight is 266 g/mol. The molecule has 0 atom stereocenters. The minimum atomic E-state index is -0.680. The van der Waals surface area contributed by atoms with Gasteiger partial charge in [-0.15, -0.1) is 0 Å². The smallest absolute Gasteiger partial charge is 0.420 e. The third-order valence-corrected chi connectivity index (χ3v) is 2.77. The Kier molecular flexibility index (Phi) is 3.24. The molecule has 2 heterocycles. The van der Waals surface area contributed by atoms with Crippen molar-refractivity contribution in [2.45, 2.75) is 13.3 Å². The van der Waals surface area contributed by atoms with Crippen LogP contribution in [0.3, 0.4) is 0 Å². The molecule has 0 saturated heterocycles. The van der Waals surface area contributed by atoms with Crippen molar-refractivity contribution in [3.8, 4) is 0 Å². The van der Waals surface area contributed by atoms with Crippen molar-refractivity contribution in [3.05, 3.63) is 27.2 Å². The van der Waals surface area contributed by atoms with Gasteiger partial charge in [-0.3, -0.25) is 13.9 Å². The SMILES string of the molecule is CCCOC(=O)n1cnc2c1c(=O)n(C)c(=O)n2C. The molecule has 0 aliphatic carbocycles. The quantitative estimate of drug-likeness (QED) is 0.753. The number of hydrogen-bond acceptors (Lipinski definition) is 5. The molecular weight excluding hydrogens is 252 g/mol. The van der Waals surface area contributed by atoms with E-state index in [2.05, 4.69) is 4.98 Å². The predicted molar refractivity (Wildman–Crippen MR) is 67.3 cm³/mol. The van der Waals surface area contributed by atoms with Crippen LogP contribution in [-0.2, 0) is 18.8 Å². The first-order valence-electron chi connectivity index (χ1n) is 5.79. The van der Waals surface area contributed by atoms with Gasteiger partial charge in [0, 0.05) is 14.1 Å². The lowest BCUT2D eigenvalue weighted by Gasteiger charge is -2.06. The van der Waals surface area contributed by atoms with Crippen molar-refractivity contribution >= 4 is 17.3 Å². The number of hydrogen-bond donors (Lipinski definition) is 0. The fourth-order valence-electron chi connectivity index (χ4n) is 1.74. The number of ether oxygens (including phenoxy) is 1. The van der Waals surface area contributed by atoms with Crippen molar-refractivity contribution in [3.63, 3.8) is 0 Å². The molecule has 8 nitrogen and oxygen atoms in total. The maximum Gasteiger partial charge on any atom is 0.420 e. The summed E-state index contributed by atoms with van der Waals surface area (Å²) in [5, 5.41) is 0. The molecule has 8 heteroatoms. The monoisotopic (exact) mass is 266 g/mol. The highest BCUT2D eigenvalue weighted by Crippen LogP contribution is 2.06. The van der Waals surface area contributed by atoms with E-state index in [0.29, 0.717) is 6.42 Å². The Balaban J connectivity index is 2.70. The first-order valence-corrected chi connectivity index (χ1v) is 5.79. The molecule has 2 aromatic heterocycles. The fraction of sp³-hybridized carbons (Fsp3) is 0.455. The van der Waals surface area contributed by atoms with Gasteiger partial charge in [0.2, 0.25) is 0 Å². The molecule has 102 valence electrons. The van der Waals surface area contributed by atoms with Crippen molar-refractivity contribution in [1.82, 2.24) is 18.7 Å². The van der Waals surface area contributed by atoms with E-state index in [-0.39, 0.29) is 17.8 Å². The van der Waals surface area contributed by atoms with Crippen molar-refractivity contribution in [2.75, 3.05) is 6.61 Å². The van der Waals surface area contributed by atoms with Crippen LogP contribution in [0.25, 0.3) is 11.2 Å². The highest BCUT2D eigenvalue weighted by atomic mass is 16.5. The summed E-state index contributed by atoms with van der Waals surface area (Å²) >= 11 is 0. The summed E-state index contributed by atoms with van der Waals surface area (Å²) in [6.45, 7) is 2.12. The minimum Gasteiger partial charge on any atom is -0.449 e. The molecule has 0 amide bonds. The summed E-state index contributed by atoms with van der Waals surface area (Å²) in [5.41, 5.74) is -0.888. The first kappa shape index (κ1) is 13.1. The number of imidazole rings is 1. The van der Waals surface area contributed by atoms with E-state index in [9.17, 15) is 14.4 Å². The van der Waals surface area contributed by atoms with E-state index < -0.39 is 17.3 Å². The molecule has 0 aromatic carbocycles. The van der Waals surface area contributed by atoms with Crippen LogP contribution in [0.5, 0.6) is 0 Å². The molecule has 0 N–H and O–H groups in total. The fourth-order valence-corrected chi connectivity index (χ4v) is 1.74. The third kappa shape index (κ3) is 1.94. The van der Waals surface area contributed by atoms with Crippen molar-refractivity contribution in [2.24, 2.45) is 14.1 Å². The van der Waals surface area contributed by atoms with Gasteiger partial charge in [-0.1, -0.05) is 6.92 Å². The second-order valence-electron chi connectivity index (χ2n) is 4.11. The Morgan fingerprint density at radius 1 is 1.32 bits per heavy atom. The first-order chi connectivity index (χ1) is 8.99. The molecular formula is C11H14N4O4. The van der Waals surface area contributed by atoms with E-state index >= 15 is 0 Å². The van der Waals surface area contributed by atoms with Gasteiger partial charge in [-0.2, -0.15) is 0 Å². The largest absolute Gasteiger partial charge is 0.449 e. The van der Waals surface area contributed by atoms with Crippen LogP contribution >= 0.6 is 0 Å². The van der Waals surface area contributed by atoms with Crippen LogP contribution < -0.4 is 11.2 Å². The van der Waals surface area contributed by atoms with Crippen LogP contribution in [0.2, 0.25) is 0 Å². The normalized spacial score (nSPS) is 10.9. The molecule has 0 spiro atoms. The van der Waals surface area contributed by atoms with E-state index in [0.717, 1.165) is 9.13 Å². The number of rotatable bonds is 2. The average Bonchev–Trinajstić information content (AvgIpc) is 2.85. The van der Waals surface area contributed by atoms with Gasteiger partial charge >= 0.3 is 11.8 Å². The van der Waals surface area contributed by atoms with Crippen LogP contribution in [0, 0.1) is 0 Å². The van der Waals surface area contributed by atoms with Gasteiger partial charge in [0.1, 0.15) is 6.33 Å². The van der Waals surface area contributed by atoms with Crippen LogP contribution in [0.1, 0.15) is 13.3 Å². The standard InChI is InChI=1S/C11H14N4O4/c1-4-5-19-11(18)15-6-12-8-7(15)9(16)14(3)10(17)13(8)2/h6H,4-5H2,1-3H3. The Morgan fingerprint density at radius 2 is 2.00 bits per heavy atom. The molecule has 2 aromatic rings. The van der Waals surface area contributed by atoms with E-state index in [4.69, 9.17) is 4.74 Å². The van der Waals surface area contributed by atoms with Gasteiger partial charge in [0.15, 0.2) is 11.2 Å². The molecule has 0 bridgehead atoms. The number of fused-ring (bicyclic) bond motifs is 1. The van der Waals surface area contributed by atoms with Gasteiger partial charge in [-0.05, 0) is 6.42 Å². The molecule has 0 unspecified atom stereocenters. The predicted octanol–water partition coefficient (Wildman–Crippen LogP) is -0.172. The van der Waals surface area contributed by atoms with E-state index in [1.54, 1.807) is 0 Å². The number of carbonyl (C=O) groups excluding carboxylic acids is 1. The Labute approximate surface area is 107 Å². The van der Waals surface area contributed by atoms with Gasteiger partial charge in [-0.25, -0.2) is 19.1 Å². The molecule has 0 radical (unpaired) electrons. The lowest BCUT2D eigenvalue weighted by Crippen LogP contribution is -2.38. The van der Waals surface area contributed by atoms with Crippen LogP contribution in [-0.4, -0.2) is 31.4 Å². The van der Waals surface area contributed by atoms with E-state index in [1.165, 1.54) is 25.0 Å². The Hall–Kier alpha value is -2.38. The molecule has 0 aliphatic rings. The van der Waals surface area contributed by atoms with Crippen molar-refractivity contribution < 1.29 is 9.53 Å². The number of aryl methyl sites for hydroxylation is 1. The van der Waals surface area contributed by atoms with Crippen molar-refractivity contribution in [1.29, 1.82) is 0 Å². The number of aromatic nitrogens is 4. The van der Waals surface area contributed by atoms with Gasteiger partial charge < -0.3 is 4.74 Å². The number of nitrogens with zero attached hydrogens (tertiary/aromatic N) is 4. The second kappa shape index (κ2) is 4.71. The van der Waals surface area contributed by atoms with E-state index in [1.807, 2.05) is 6.92 Å². The summed E-state index contributed by atoms with van der Waals surface area (Å²) in [6.07, 6.45) is 1.18. The van der Waals surface area contributed by atoms with Gasteiger partial charge in [0.25, 0.3) is 5.56 Å². The summed E-state index contributed by atoms with van der Waals surface area (Å²) in [5.74, 6) is 0. The summed E-state index contributed by atoms with van der Waals surface area (Å²) < 4.78 is 8.11. The molecule has 0 fully saturated rings. The molecule has 0 saturated carbocycles. The third-order valence-electron chi connectivity index (χ3n) is 2.77. The molecule has 19 heavy (non-hydrogen) atoms. The van der Waals surface area contributed by atoms with Crippen LogP contribution in [0.4, 0.5) is 4.79 Å². The minimum absolute atomic E-state index is 0.0331. The highest BCUT2D eigenvalue weighted by Gasteiger charge is 2.18. The summed E-state index contributed by atoms with van der Waals surface area (Å²) in [4.78, 5) is 39.5. The molecule has 0 aliphatic heterocycles. The Bertz CT molecular complexity index is 752. The zero-order valence-electron chi connectivity index (χ0n) is 10.9. The van der Waals surface area contributed by atoms with Crippen LogP contribution in [0.15, 0.2) is 15.9 Å². The second-order valence-corrected chi connectivity index (χ2v) is 4.11. The van der Waals surface area contributed by atoms with Gasteiger partial charge in [0.05, 0.1) is 6.61 Å². The number of carbonyl (C=O) groups is 1. The summed E-state index contributed by atoms with van der Waals surface area (Å²) in [6, 6.07) is 0. The molecule has 2 rings (SSSR count). The Morgan fingerprint density at radius 3 is 2.63 bits per heavy atom. The topological polar surface area (TPSA) is 88.1 Å². The summed E-state index contributed by atoms with van der Waals surface area (Å²) in [7, 11) is 2.83. The zero-order chi connectivity index (χ0) is 14.2. The lowest BCUT2D eigenvalue weighted by molar-refractivity contribution is 0.149. The maximum absolute atomic E-state index is 12.0. The maximum atomic E-state index is 12.0. The zero-order valence-corrected chi connectivity index (χ0v) is 10.9.